The zero-order valence-corrected chi connectivity index (χ0v) is 14.0. The van der Waals surface area contributed by atoms with E-state index in [1.54, 1.807) is 11.0 Å². The second-order valence-corrected chi connectivity index (χ2v) is 7.13. The lowest BCUT2D eigenvalue weighted by molar-refractivity contribution is -0.117. The van der Waals surface area contributed by atoms with E-state index in [4.69, 9.17) is 9.31 Å². The van der Waals surface area contributed by atoms with Gasteiger partial charge in [0.15, 0.2) is 0 Å². The Balaban J connectivity index is 1.92. The van der Waals surface area contributed by atoms with Crippen molar-refractivity contribution in [3.63, 3.8) is 0 Å². The number of anilines is 1. The minimum Gasteiger partial charge on any atom is -0.399 e. The highest BCUT2D eigenvalue weighted by Gasteiger charge is 2.51. The lowest BCUT2D eigenvalue weighted by Gasteiger charge is -2.32. The number of hydrogen-bond donors (Lipinski definition) is 0. The van der Waals surface area contributed by atoms with Gasteiger partial charge in [-0.1, -0.05) is 6.07 Å². The second-order valence-electron chi connectivity index (χ2n) is 7.13. The zero-order chi connectivity index (χ0) is 16.8. The zero-order valence-electron chi connectivity index (χ0n) is 14.0. The van der Waals surface area contributed by atoms with Gasteiger partial charge in [0.1, 0.15) is 6.07 Å². The Morgan fingerprint density at radius 1 is 1.22 bits per heavy atom. The van der Waals surface area contributed by atoms with E-state index < -0.39 is 18.3 Å². The van der Waals surface area contributed by atoms with Crippen molar-refractivity contribution in [3.05, 3.63) is 23.8 Å². The average Bonchev–Trinajstić information content (AvgIpc) is 2.99. The fourth-order valence-corrected chi connectivity index (χ4v) is 2.91. The Labute approximate surface area is 137 Å². The van der Waals surface area contributed by atoms with Gasteiger partial charge in [-0.2, -0.15) is 5.26 Å². The van der Waals surface area contributed by atoms with Crippen LogP contribution < -0.4 is 10.4 Å². The first-order chi connectivity index (χ1) is 10.7. The van der Waals surface area contributed by atoms with Gasteiger partial charge in [-0.05, 0) is 51.7 Å². The fraction of sp³-hybridized carbons (Fsp3) is 0.529. The Kier molecular flexibility index (Phi) is 3.74. The quantitative estimate of drug-likeness (QED) is 0.784. The van der Waals surface area contributed by atoms with Crippen molar-refractivity contribution in [2.75, 3.05) is 11.4 Å². The molecule has 2 heterocycles. The Hall–Kier alpha value is -1.84. The highest BCUT2D eigenvalue weighted by molar-refractivity contribution is 6.62. The summed E-state index contributed by atoms with van der Waals surface area (Å²) in [7, 11) is -0.504. The van der Waals surface area contributed by atoms with E-state index in [1.165, 1.54) is 0 Å². The van der Waals surface area contributed by atoms with Gasteiger partial charge < -0.3 is 14.2 Å². The van der Waals surface area contributed by atoms with E-state index >= 15 is 0 Å². The van der Waals surface area contributed by atoms with Crippen LogP contribution in [0.2, 0.25) is 0 Å². The number of nitriles is 1. The minimum atomic E-state index is -0.504. The molecule has 3 rings (SSSR count). The molecular formula is C17H21BN2O3. The molecular weight excluding hydrogens is 291 g/mol. The summed E-state index contributed by atoms with van der Waals surface area (Å²) in [4.78, 5) is 13.6. The monoisotopic (exact) mass is 312 g/mol. The number of nitrogens with zero attached hydrogens (tertiary/aromatic N) is 2. The number of amides is 1. The summed E-state index contributed by atoms with van der Waals surface area (Å²) in [5.41, 5.74) is 1.11. The topological polar surface area (TPSA) is 62.6 Å². The van der Waals surface area contributed by atoms with Crippen molar-refractivity contribution in [1.82, 2.24) is 0 Å². The summed E-state index contributed by atoms with van der Waals surface area (Å²) >= 11 is 0. The molecule has 2 saturated heterocycles. The van der Waals surface area contributed by atoms with Gasteiger partial charge in [0, 0.05) is 13.0 Å². The van der Waals surface area contributed by atoms with Crippen molar-refractivity contribution in [2.45, 2.75) is 51.7 Å². The fourth-order valence-electron chi connectivity index (χ4n) is 2.91. The molecule has 0 saturated carbocycles. The van der Waals surface area contributed by atoms with Crippen LogP contribution in [0.4, 0.5) is 5.69 Å². The van der Waals surface area contributed by atoms with Gasteiger partial charge in [0.2, 0.25) is 5.91 Å². The molecule has 0 radical (unpaired) electrons. The molecule has 23 heavy (non-hydrogen) atoms. The normalized spacial score (nSPS) is 22.5. The summed E-state index contributed by atoms with van der Waals surface area (Å²) in [6.45, 7) is 8.65. The molecule has 2 aliphatic heterocycles. The molecule has 0 unspecified atom stereocenters. The van der Waals surface area contributed by atoms with E-state index in [2.05, 4.69) is 6.07 Å². The number of hydrogen-bond acceptors (Lipinski definition) is 4. The van der Waals surface area contributed by atoms with Crippen molar-refractivity contribution >= 4 is 24.2 Å². The number of rotatable bonds is 2. The molecule has 1 aromatic carbocycles. The van der Waals surface area contributed by atoms with Crippen LogP contribution >= 0.6 is 0 Å². The van der Waals surface area contributed by atoms with Gasteiger partial charge in [-0.15, -0.1) is 0 Å². The number of carbonyl (C=O) groups excluding carboxylic acids is 1. The maximum Gasteiger partial charge on any atom is 0.494 e. The summed E-state index contributed by atoms with van der Waals surface area (Å²) in [6, 6.07) is 7.66. The summed E-state index contributed by atoms with van der Waals surface area (Å²) in [6.07, 6.45) is 1.38. The predicted octanol–water partition coefficient (Wildman–Crippen LogP) is 1.98. The Morgan fingerprint density at radius 2 is 1.87 bits per heavy atom. The Morgan fingerprint density at radius 3 is 2.39 bits per heavy atom. The molecule has 1 aromatic rings. The lowest BCUT2D eigenvalue weighted by atomic mass is 9.78. The first kappa shape index (κ1) is 16.0. The van der Waals surface area contributed by atoms with Gasteiger partial charge >= 0.3 is 7.12 Å². The van der Waals surface area contributed by atoms with Crippen molar-refractivity contribution < 1.29 is 14.1 Å². The van der Waals surface area contributed by atoms with E-state index in [-0.39, 0.29) is 5.91 Å². The summed E-state index contributed by atoms with van der Waals surface area (Å²) in [5.74, 6) is 0.0740. The maximum atomic E-state index is 11.9. The molecule has 120 valence electrons. The van der Waals surface area contributed by atoms with Crippen molar-refractivity contribution in [2.24, 2.45) is 0 Å². The second kappa shape index (κ2) is 5.36. The van der Waals surface area contributed by atoms with Crippen LogP contribution in [-0.2, 0) is 14.1 Å². The largest absolute Gasteiger partial charge is 0.494 e. The van der Waals surface area contributed by atoms with Crippen LogP contribution in [0.25, 0.3) is 0 Å². The molecule has 0 aromatic heterocycles. The number of benzene rings is 1. The van der Waals surface area contributed by atoms with Crippen molar-refractivity contribution in [3.8, 4) is 6.07 Å². The minimum absolute atomic E-state index is 0.0740. The molecule has 0 N–H and O–H groups in total. The van der Waals surface area contributed by atoms with E-state index in [1.807, 2.05) is 39.8 Å². The molecule has 6 heteroatoms. The maximum absolute atomic E-state index is 11.9. The highest BCUT2D eigenvalue weighted by Crippen LogP contribution is 2.36. The van der Waals surface area contributed by atoms with Crippen LogP contribution in [-0.4, -0.2) is 30.8 Å². The van der Waals surface area contributed by atoms with E-state index in [0.29, 0.717) is 24.2 Å². The Bertz CT molecular complexity index is 678. The summed E-state index contributed by atoms with van der Waals surface area (Å²) in [5, 5.41) is 9.47. The SMILES string of the molecule is CC1(C)OB(c2ccc(N3CCCC3=O)c(C#N)c2)OC1(C)C. The highest BCUT2D eigenvalue weighted by atomic mass is 16.7. The van der Waals surface area contributed by atoms with E-state index in [0.717, 1.165) is 11.9 Å². The van der Waals surface area contributed by atoms with Crippen LogP contribution in [0.1, 0.15) is 46.1 Å². The average molecular weight is 312 g/mol. The van der Waals surface area contributed by atoms with Crippen LogP contribution in [0.3, 0.4) is 0 Å². The third-order valence-electron chi connectivity index (χ3n) is 5.03. The van der Waals surface area contributed by atoms with Crippen LogP contribution in [0, 0.1) is 11.3 Å². The first-order valence-corrected chi connectivity index (χ1v) is 7.95. The third kappa shape index (κ3) is 2.64. The molecule has 0 bridgehead atoms. The molecule has 5 nitrogen and oxygen atoms in total. The predicted molar refractivity (Wildman–Crippen MR) is 88.5 cm³/mol. The van der Waals surface area contributed by atoms with Crippen molar-refractivity contribution in [1.29, 1.82) is 5.26 Å². The van der Waals surface area contributed by atoms with Gasteiger partial charge in [0.25, 0.3) is 0 Å². The smallest absolute Gasteiger partial charge is 0.399 e. The van der Waals surface area contributed by atoms with Crippen LogP contribution in [0.15, 0.2) is 18.2 Å². The standard InChI is InChI=1S/C17H21BN2O3/c1-16(2)17(3,4)23-18(22-16)13-7-8-14(12(10-13)11-19)20-9-5-6-15(20)21/h7-8,10H,5-6,9H2,1-4H3. The first-order valence-electron chi connectivity index (χ1n) is 7.95. The van der Waals surface area contributed by atoms with Gasteiger partial charge in [-0.25, -0.2) is 0 Å². The molecule has 0 aliphatic carbocycles. The van der Waals surface area contributed by atoms with E-state index in [9.17, 15) is 10.1 Å². The van der Waals surface area contributed by atoms with Gasteiger partial charge in [0.05, 0.1) is 22.5 Å². The molecule has 2 fully saturated rings. The summed E-state index contributed by atoms with van der Waals surface area (Å²) < 4.78 is 12.0. The van der Waals surface area contributed by atoms with Crippen LogP contribution in [0.5, 0.6) is 0 Å². The molecule has 0 spiro atoms. The molecule has 2 aliphatic rings. The van der Waals surface area contributed by atoms with Gasteiger partial charge in [-0.3, -0.25) is 4.79 Å². The molecule has 0 atom stereocenters. The molecule has 1 amide bonds. The third-order valence-corrected chi connectivity index (χ3v) is 5.03. The lowest BCUT2D eigenvalue weighted by Crippen LogP contribution is -2.41. The number of carbonyl (C=O) groups is 1.